The summed E-state index contributed by atoms with van der Waals surface area (Å²) in [4.78, 5) is 0. The van der Waals surface area contributed by atoms with Crippen LogP contribution in [0.25, 0.3) is 0 Å². The normalized spacial score (nSPS) is 11.8. The minimum Gasteiger partial charge on any atom is -0.492 e. The second-order valence-corrected chi connectivity index (χ2v) is 6.61. The molecule has 0 heterocycles. The van der Waals surface area contributed by atoms with Gasteiger partial charge in [0.1, 0.15) is 23.9 Å². The van der Waals surface area contributed by atoms with E-state index in [2.05, 4.69) is 4.74 Å². The van der Waals surface area contributed by atoms with E-state index in [-0.39, 0.29) is 18.0 Å². The summed E-state index contributed by atoms with van der Waals surface area (Å²) >= 11 is 0. The van der Waals surface area contributed by atoms with E-state index in [1.54, 1.807) is 0 Å². The highest BCUT2D eigenvalue weighted by molar-refractivity contribution is 7.92. The van der Waals surface area contributed by atoms with Gasteiger partial charge in [-0.05, 0) is 36.4 Å². The molecule has 0 saturated carbocycles. The van der Waals surface area contributed by atoms with E-state index in [0.717, 1.165) is 24.3 Å². The zero-order valence-corrected chi connectivity index (χ0v) is 13.4. The van der Waals surface area contributed by atoms with E-state index in [1.807, 2.05) is 4.72 Å². The lowest BCUT2D eigenvalue weighted by Gasteiger charge is -2.14. The molecule has 0 unspecified atom stereocenters. The number of para-hydroxylation sites is 2. The minimum absolute atomic E-state index is 0.261. The second kappa shape index (κ2) is 7.60. The van der Waals surface area contributed by atoms with E-state index < -0.39 is 33.7 Å². The molecule has 0 amide bonds. The van der Waals surface area contributed by atoms with Gasteiger partial charge in [0, 0.05) is 0 Å². The van der Waals surface area contributed by atoms with Crippen LogP contribution < -0.4 is 14.2 Å². The van der Waals surface area contributed by atoms with Gasteiger partial charge in [-0.1, -0.05) is 12.1 Å². The van der Waals surface area contributed by atoms with Gasteiger partial charge in [0.05, 0.1) is 5.69 Å². The molecule has 0 radical (unpaired) electrons. The third-order valence-corrected chi connectivity index (χ3v) is 4.05. The third-order valence-electron chi connectivity index (χ3n) is 2.81. The second-order valence-electron chi connectivity index (χ2n) is 4.77. The van der Waals surface area contributed by atoms with Crippen molar-refractivity contribution in [3.8, 4) is 11.5 Å². The van der Waals surface area contributed by atoms with E-state index >= 15 is 0 Å². The van der Waals surface area contributed by atoms with Gasteiger partial charge < -0.3 is 9.47 Å². The van der Waals surface area contributed by atoms with Gasteiger partial charge in [0.25, 0.3) is 0 Å². The Morgan fingerprint density at radius 2 is 1.64 bits per heavy atom. The third kappa shape index (κ3) is 6.49. The number of nitrogens with one attached hydrogen (secondary N) is 1. The molecule has 0 fully saturated rings. The van der Waals surface area contributed by atoms with Crippen LogP contribution in [-0.2, 0) is 10.0 Å². The Morgan fingerprint density at radius 1 is 1.00 bits per heavy atom. The smallest absolute Gasteiger partial charge is 0.492 e. The molecule has 136 valence electrons. The summed E-state index contributed by atoms with van der Waals surface area (Å²) in [5.74, 6) is -1.40. The topological polar surface area (TPSA) is 64.6 Å². The molecular weight excluding hydrogens is 366 g/mol. The Labute approximate surface area is 141 Å². The molecule has 2 aromatic rings. The Morgan fingerprint density at radius 3 is 2.28 bits per heavy atom. The van der Waals surface area contributed by atoms with Gasteiger partial charge in [-0.15, -0.1) is 13.2 Å². The van der Waals surface area contributed by atoms with Crippen LogP contribution in [0.15, 0.2) is 48.5 Å². The van der Waals surface area contributed by atoms with E-state index in [4.69, 9.17) is 4.74 Å². The highest BCUT2D eigenvalue weighted by atomic mass is 32.2. The Hall–Kier alpha value is -2.49. The summed E-state index contributed by atoms with van der Waals surface area (Å²) in [6.07, 6.45) is -4.95. The average Bonchev–Trinajstić information content (AvgIpc) is 2.49. The lowest BCUT2D eigenvalue weighted by molar-refractivity contribution is -0.274. The van der Waals surface area contributed by atoms with Crippen molar-refractivity contribution in [1.82, 2.24) is 0 Å². The first-order chi connectivity index (χ1) is 11.6. The summed E-state index contributed by atoms with van der Waals surface area (Å²) in [5.41, 5.74) is -0.346. The number of alkyl halides is 3. The van der Waals surface area contributed by atoms with Crippen molar-refractivity contribution in [2.24, 2.45) is 0 Å². The summed E-state index contributed by atoms with van der Waals surface area (Å²) in [6.45, 7) is -0.275. The van der Waals surface area contributed by atoms with E-state index in [0.29, 0.717) is 0 Å². The maximum atomic E-state index is 12.7. The first kappa shape index (κ1) is 18.8. The average molecular weight is 379 g/mol. The molecule has 0 saturated heterocycles. The van der Waals surface area contributed by atoms with Gasteiger partial charge in [-0.2, -0.15) is 0 Å². The molecule has 0 aliphatic heterocycles. The fraction of sp³-hybridized carbons (Fsp3) is 0.200. The molecule has 25 heavy (non-hydrogen) atoms. The van der Waals surface area contributed by atoms with Crippen molar-refractivity contribution in [2.45, 2.75) is 6.36 Å². The minimum atomic E-state index is -4.95. The number of benzene rings is 2. The fourth-order valence-electron chi connectivity index (χ4n) is 1.78. The Balaban J connectivity index is 1.98. The van der Waals surface area contributed by atoms with Crippen LogP contribution in [-0.4, -0.2) is 27.1 Å². The summed E-state index contributed by atoms with van der Waals surface area (Å²) in [5, 5.41) is 0. The highest BCUT2D eigenvalue weighted by Gasteiger charge is 2.32. The molecule has 5 nitrogen and oxygen atoms in total. The summed E-state index contributed by atoms with van der Waals surface area (Å²) in [7, 11) is -3.99. The van der Waals surface area contributed by atoms with Crippen molar-refractivity contribution in [3.63, 3.8) is 0 Å². The standard InChI is InChI=1S/C15H13F4NO4S/c16-11-5-7-12(8-6-11)23-9-10-25(21,22)20-13-3-1-2-4-14(13)24-15(17,18)19/h1-8,20H,9-10H2. The van der Waals surface area contributed by atoms with Crippen LogP contribution in [0.4, 0.5) is 23.2 Å². The number of anilines is 1. The summed E-state index contributed by atoms with van der Waals surface area (Å²) < 4.78 is 84.6. The van der Waals surface area contributed by atoms with Gasteiger partial charge >= 0.3 is 6.36 Å². The molecule has 2 aromatic carbocycles. The monoisotopic (exact) mass is 379 g/mol. The number of rotatable bonds is 7. The number of hydrogen-bond donors (Lipinski definition) is 1. The zero-order valence-electron chi connectivity index (χ0n) is 12.6. The number of sulfonamides is 1. The lowest BCUT2D eigenvalue weighted by Crippen LogP contribution is -2.23. The van der Waals surface area contributed by atoms with Crippen LogP contribution in [0.3, 0.4) is 0 Å². The molecule has 1 N–H and O–H groups in total. The molecule has 0 atom stereocenters. The Bertz CT molecular complexity index is 807. The SMILES string of the molecule is O=S(=O)(CCOc1ccc(F)cc1)Nc1ccccc1OC(F)(F)F. The molecule has 0 bridgehead atoms. The van der Waals surface area contributed by atoms with Crippen molar-refractivity contribution in [3.05, 3.63) is 54.3 Å². The van der Waals surface area contributed by atoms with Crippen molar-refractivity contribution in [1.29, 1.82) is 0 Å². The molecular formula is C15H13F4NO4S. The Kier molecular flexibility index (Phi) is 5.73. The highest BCUT2D eigenvalue weighted by Crippen LogP contribution is 2.30. The maximum absolute atomic E-state index is 12.7. The van der Waals surface area contributed by atoms with E-state index in [1.165, 1.54) is 24.3 Å². The predicted molar refractivity (Wildman–Crippen MR) is 82.4 cm³/mol. The maximum Gasteiger partial charge on any atom is 0.573 e. The van der Waals surface area contributed by atoms with Gasteiger partial charge in [-0.3, -0.25) is 4.72 Å². The largest absolute Gasteiger partial charge is 0.573 e. The first-order valence-electron chi connectivity index (χ1n) is 6.88. The number of hydrogen-bond acceptors (Lipinski definition) is 4. The number of ether oxygens (including phenoxy) is 2. The van der Waals surface area contributed by atoms with Crippen molar-refractivity contribution >= 4 is 15.7 Å². The fourth-order valence-corrected chi connectivity index (χ4v) is 2.69. The van der Waals surface area contributed by atoms with Crippen LogP contribution in [0.5, 0.6) is 11.5 Å². The molecule has 0 aromatic heterocycles. The van der Waals surface area contributed by atoms with Gasteiger partial charge in [-0.25, -0.2) is 12.8 Å². The summed E-state index contributed by atoms with van der Waals surface area (Å²) in [6, 6.07) is 9.69. The molecule has 2 rings (SSSR count). The van der Waals surface area contributed by atoms with Crippen LogP contribution in [0.2, 0.25) is 0 Å². The zero-order chi connectivity index (χ0) is 18.5. The molecule has 0 aliphatic rings. The van der Waals surface area contributed by atoms with E-state index in [9.17, 15) is 26.0 Å². The van der Waals surface area contributed by atoms with Gasteiger partial charge in [0.15, 0.2) is 5.75 Å². The quantitative estimate of drug-likeness (QED) is 0.748. The van der Waals surface area contributed by atoms with Gasteiger partial charge in [0.2, 0.25) is 10.0 Å². The molecule has 0 aliphatic carbocycles. The lowest BCUT2D eigenvalue weighted by atomic mass is 10.3. The first-order valence-corrected chi connectivity index (χ1v) is 8.53. The van der Waals surface area contributed by atoms with Crippen molar-refractivity contribution < 1.29 is 35.5 Å². The molecule has 10 heteroatoms. The molecule has 0 spiro atoms. The van der Waals surface area contributed by atoms with Crippen molar-refractivity contribution in [2.75, 3.05) is 17.1 Å². The predicted octanol–water partition coefficient (Wildman–Crippen LogP) is 3.55. The van der Waals surface area contributed by atoms with Crippen LogP contribution >= 0.6 is 0 Å². The number of halogens is 4. The van der Waals surface area contributed by atoms with Crippen LogP contribution in [0.1, 0.15) is 0 Å². The van der Waals surface area contributed by atoms with Crippen LogP contribution in [0, 0.1) is 5.82 Å².